The van der Waals surface area contributed by atoms with Gasteiger partial charge in [0.1, 0.15) is 6.61 Å². The lowest BCUT2D eigenvalue weighted by Gasteiger charge is -2.38. The van der Waals surface area contributed by atoms with Crippen molar-refractivity contribution in [1.29, 1.82) is 0 Å². The highest BCUT2D eigenvalue weighted by molar-refractivity contribution is 6.05. The van der Waals surface area contributed by atoms with E-state index >= 15 is 0 Å². The van der Waals surface area contributed by atoms with E-state index in [9.17, 15) is 19.2 Å². The third-order valence-corrected chi connectivity index (χ3v) is 5.61. The summed E-state index contributed by atoms with van der Waals surface area (Å²) < 4.78 is 14.8. The van der Waals surface area contributed by atoms with E-state index in [0.717, 1.165) is 15.4 Å². The maximum atomic E-state index is 13.2. The van der Waals surface area contributed by atoms with Crippen LogP contribution in [0.25, 0.3) is 0 Å². The topological polar surface area (TPSA) is 102 Å². The molecule has 2 aliphatic rings. The molecule has 0 aliphatic carbocycles. The molecular weight excluding hydrogens is 416 g/mol. The van der Waals surface area contributed by atoms with Gasteiger partial charge in [-0.15, -0.1) is 0 Å². The van der Waals surface area contributed by atoms with Crippen molar-refractivity contribution in [2.24, 2.45) is 5.41 Å². The van der Waals surface area contributed by atoms with Gasteiger partial charge in [-0.05, 0) is 31.9 Å². The first kappa shape index (κ1) is 23.1. The lowest BCUT2D eigenvalue weighted by atomic mass is 9.82. The third-order valence-electron chi connectivity index (χ3n) is 5.61. The molecule has 1 fully saturated rings. The second kappa shape index (κ2) is 9.25. The van der Waals surface area contributed by atoms with Crippen LogP contribution in [0.15, 0.2) is 54.3 Å². The molecule has 0 bridgehead atoms. The van der Waals surface area contributed by atoms with Crippen LogP contribution in [0.5, 0.6) is 0 Å². The Bertz CT molecular complexity index is 968. The van der Waals surface area contributed by atoms with Crippen LogP contribution >= 0.6 is 0 Å². The van der Waals surface area contributed by atoms with Gasteiger partial charge in [0.05, 0.1) is 37.3 Å². The number of esters is 1. The summed E-state index contributed by atoms with van der Waals surface area (Å²) >= 11 is 0. The highest BCUT2D eigenvalue weighted by Crippen LogP contribution is 2.32. The minimum Gasteiger partial charge on any atom is -0.469 e. The van der Waals surface area contributed by atoms with E-state index in [1.54, 1.807) is 19.9 Å². The van der Waals surface area contributed by atoms with Gasteiger partial charge in [0.15, 0.2) is 0 Å². The monoisotopic (exact) mass is 442 g/mol. The summed E-state index contributed by atoms with van der Waals surface area (Å²) in [5, 5.41) is 0. The number of hydrogen-bond donors (Lipinski definition) is 0. The van der Waals surface area contributed by atoms with E-state index < -0.39 is 41.6 Å². The number of ether oxygens (including phenoxy) is 3. The second-order valence-corrected chi connectivity index (χ2v) is 8.07. The standard InChI is InChI=1S/C23H26N2O7/c1-23(2,20(27)30-3)18-11-10-16(13-24(18)21(28)31-4)19(26)25-17(14-32-22(25)29)12-15-8-6-5-7-9-15/h5-11,13,17-18H,12,14H2,1-4H3/t17-,18?/m0/s1. The van der Waals surface area contributed by atoms with E-state index in [-0.39, 0.29) is 12.2 Å². The first-order chi connectivity index (χ1) is 15.2. The van der Waals surface area contributed by atoms with Crippen molar-refractivity contribution in [3.05, 3.63) is 59.8 Å². The molecule has 2 heterocycles. The molecule has 0 N–H and O–H groups in total. The molecule has 9 heteroatoms. The predicted molar refractivity (Wildman–Crippen MR) is 113 cm³/mol. The van der Waals surface area contributed by atoms with Gasteiger partial charge in [0, 0.05) is 6.20 Å². The Kier molecular flexibility index (Phi) is 6.67. The van der Waals surface area contributed by atoms with Gasteiger partial charge in [-0.25, -0.2) is 14.5 Å². The fourth-order valence-electron chi connectivity index (χ4n) is 3.82. The normalized spacial score (nSPS) is 20.5. The molecule has 1 saturated heterocycles. The second-order valence-electron chi connectivity index (χ2n) is 8.07. The Hall–Kier alpha value is -3.62. The molecule has 1 aromatic carbocycles. The largest absolute Gasteiger partial charge is 0.469 e. The molecule has 2 atom stereocenters. The van der Waals surface area contributed by atoms with E-state index in [4.69, 9.17) is 14.2 Å². The molecule has 9 nitrogen and oxygen atoms in total. The van der Waals surface area contributed by atoms with Crippen molar-refractivity contribution < 1.29 is 33.4 Å². The van der Waals surface area contributed by atoms with Crippen LogP contribution in [0.3, 0.4) is 0 Å². The van der Waals surface area contributed by atoms with Crippen LogP contribution in [-0.2, 0) is 30.2 Å². The Morgan fingerprint density at radius 2 is 1.81 bits per heavy atom. The average molecular weight is 442 g/mol. The van der Waals surface area contributed by atoms with Crippen molar-refractivity contribution in [1.82, 2.24) is 9.80 Å². The van der Waals surface area contributed by atoms with Gasteiger partial charge in [-0.2, -0.15) is 0 Å². The van der Waals surface area contributed by atoms with Crippen molar-refractivity contribution in [2.45, 2.75) is 32.4 Å². The Balaban J connectivity index is 1.88. The van der Waals surface area contributed by atoms with Crippen molar-refractivity contribution in [3.8, 4) is 0 Å². The van der Waals surface area contributed by atoms with Crippen LogP contribution in [0.1, 0.15) is 19.4 Å². The SMILES string of the molecule is COC(=O)N1C=C(C(=O)N2C(=O)OC[C@@H]2Cc2ccccc2)C=CC1C(C)(C)C(=O)OC. The molecule has 0 radical (unpaired) electrons. The zero-order chi connectivity index (χ0) is 23.5. The van der Waals surface area contributed by atoms with Gasteiger partial charge >= 0.3 is 18.2 Å². The summed E-state index contributed by atoms with van der Waals surface area (Å²) in [6, 6.07) is 8.21. The summed E-state index contributed by atoms with van der Waals surface area (Å²) in [6.07, 6.45) is 3.26. The quantitative estimate of drug-likeness (QED) is 0.510. The van der Waals surface area contributed by atoms with Crippen LogP contribution in [0.2, 0.25) is 0 Å². The number of methoxy groups -OCH3 is 2. The molecule has 0 saturated carbocycles. The number of benzene rings is 1. The predicted octanol–water partition coefficient (Wildman–Crippen LogP) is 2.67. The van der Waals surface area contributed by atoms with E-state index in [0.29, 0.717) is 6.42 Å². The van der Waals surface area contributed by atoms with Crippen LogP contribution in [-0.4, -0.2) is 66.8 Å². The minimum absolute atomic E-state index is 0.0785. The average Bonchev–Trinajstić information content (AvgIpc) is 3.17. The minimum atomic E-state index is -1.12. The molecule has 32 heavy (non-hydrogen) atoms. The van der Waals surface area contributed by atoms with Crippen molar-refractivity contribution in [2.75, 3.05) is 20.8 Å². The zero-order valence-electron chi connectivity index (χ0n) is 18.4. The summed E-state index contributed by atoms with van der Waals surface area (Å²) in [7, 11) is 2.46. The molecule has 0 aromatic heterocycles. The fourth-order valence-corrected chi connectivity index (χ4v) is 3.82. The van der Waals surface area contributed by atoms with E-state index in [1.807, 2.05) is 30.3 Å². The lowest BCUT2D eigenvalue weighted by molar-refractivity contribution is -0.152. The third kappa shape index (κ3) is 4.37. The summed E-state index contributed by atoms with van der Waals surface area (Å²) in [6.45, 7) is 3.32. The highest BCUT2D eigenvalue weighted by Gasteiger charge is 2.45. The van der Waals surface area contributed by atoms with Crippen LogP contribution in [0, 0.1) is 5.41 Å². The molecule has 0 spiro atoms. The van der Waals surface area contributed by atoms with E-state index in [1.165, 1.54) is 26.5 Å². The number of imide groups is 1. The van der Waals surface area contributed by atoms with Gasteiger partial charge in [0.25, 0.3) is 5.91 Å². The Morgan fingerprint density at radius 3 is 2.44 bits per heavy atom. The number of amides is 3. The number of nitrogens with zero attached hydrogens (tertiary/aromatic N) is 2. The van der Waals surface area contributed by atoms with Gasteiger partial charge in [-0.1, -0.05) is 36.4 Å². The first-order valence-corrected chi connectivity index (χ1v) is 10.1. The molecule has 3 rings (SSSR count). The maximum Gasteiger partial charge on any atom is 0.417 e. The molecule has 3 amide bonds. The number of carbonyl (C=O) groups excluding carboxylic acids is 4. The number of carbonyl (C=O) groups is 4. The number of cyclic esters (lactones) is 1. The number of rotatable bonds is 5. The highest BCUT2D eigenvalue weighted by atomic mass is 16.6. The maximum absolute atomic E-state index is 13.2. The summed E-state index contributed by atoms with van der Waals surface area (Å²) in [4.78, 5) is 52.5. The Labute approximate surface area is 186 Å². The van der Waals surface area contributed by atoms with Crippen molar-refractivity contribution >= 4 is 24.1 Å². The molecule has 2 aliphatic heterocycles. The van der Waals surface area contributed by atoms with Crippen LogP contribution in [0.4, 0.5) is 9.59 Å². The zero-order valence-corrected chi connectivity index (χ0v) is 18.4. The molecule has 1 aromatic rings. The number of hydrogen-bond acceptors (Lipinski definition) is 7. The van der Waals surface area contributed by atoms with E-state index in [2.05, 4.69) is 0 Å². The summed E-state index contributed by atoms with van der Waals surface area (Å²) in [5.41, 5.74) is -0.0745. The summed E-state index contributed by atoms with van der Waals surface area (Å²) in [5.74, 6) is -1.14. The lowest BCUT2D eigenvalue weighted by Crippen LogP contribution is -2.50. The fraction of sp³-hybridized carbons (Fsp3) is 0.391. The van der Waals surface area contributed by atoms with Crippen LogP contribution < -0.4 is 0 Å². The Morgan fingerprint density at radius 1 is 1.12 bits per heavy atom. The van der Waals surface area contributed by atoms with Gasteiger partial charge in [0.2, 0.25) is 0 Å². The smallest absolute Gasteiger partial charge is 0.417 e. The molecule has 170 valence electrons. The molecular formula is C23H26N2O7. The molecule has 1 unspecified atom stereocenters. The first-order valence-electron chi connectivity index (χ1n) is 10.1. The van der Waals surface area contributed by atoms with Gasteiger partial charge < -0.3 is 14.2 Å². The van der Waals surface area contributed by atoms with Gasteiger partial charge in [-0.3, -0.25) is 14.5 Å². The van der Waals surface area contributed by atoms with Crippen molar-refractivity contribution in [3.63, 3.8) is 0 Å².